The van der Waals surface area contributed by atoms with Crippen LogP contribution in [-0.2, 0) is 36.5 Å². The van der Waals surface area contributed by atoms with Gasteiger partial charge in [-0.3, -0.25) is 29.6 Å². The van der Waals surface area contributed by atoms with Gasteiger partial charge in [0.2, 0.25) is 0 Å². The lowest BCUT2D eigenvalue weighted by atomic mass is 10.0. The van der Waals surface area contributed by atoms with Gasteiger partial charge in [-0.1, -0.05) is 7.43 Å². The van der Waals surface area contributed by atoms with Gasteiger partial charge in [-0.2, -0.15) is 20.7 Å². The van der Waals surface area contributed by atoms with E-state index in [1.807, 2.05) is 0 Å². The van der Waals surface area contributed by atoms with Crippen molar-refractivity contribution >= 4 is 67.5 Å². The Morgan fingerprint density at radius 2 is 1.16 bits per heavy atom. The van der Waals surface area contributed by atoms with Crippen LogP contribution in [0.15, 0.2) is 82.0 Å². The summed E-state index contributed by atoms with van der Waals surface area (Å²) in [4.78, 5) is 57.0. The van der Waals surface area contributed by atoms with Crippen molar-refractivity contribution in [3.63, 3.8) is 0 Å². The molecule has 76 heavy (non-hydrogen) atoms. The number of pyridine rings is 2. The molecule has 0 aliphatic rings. The summed E-state index contributed by atoms with van der Waals surface area (Å²) in [5.74, 6) is -2.28. The standard InChI is InChI=1S/C25H26BrFN6O4.C15H15FN4O2.C10H13BrN2O3.CH4/c1-14(36-21-8-15(26)12-29-22(21)31-24(35)37-25(2,3)4)20-9-16(27)6-7-19(20)23(34)30-13-17-10-18(11-28)33(5)32-17;1-9(21)14-5-10(16)3-4-13(14)15(22)18-8-11-6-12(7-17)20(2)19-11;1-10(2,3)16-9(15)13-8-7(14)4-6(11)5-12-8;/h6-10,12,14H,13H2,1-5H3,(H,30,34)(H,29,31,35);3-6,9,21H,8H2,1-2H3,(H,18,22);4-5,14H,1-3H3,(H,12,13,15);1H4/t14-;9-;;/m10../s1/i5D3;2D3;;. The molecule has 21 nitrogen and oxygen atoms in total. The molecule has 0 fully saturated rings. The first kappa shape index (κ1) is 52.8. The van der Waals surface area contributed by atoms with Crippen molar-refractivity contribution in [2.24, 2.45) is 14.0 Å². The Kier molecular flexibility index (Phi) is 19.1. The topological polar surface area (TPSA) is 294 Å². The maximum Gasteiger partial charge on any atom is 0.413 e. The highest BCUT2D eigenvalue weighted by Gasteiger charge is 2.24. The highest BCUT2D eigenvalue weighted by Crippen LogP contribution is 2.32. The second-order valence-electron chi connectivity index (χ2n) is 17.6. The van der Waals surface area contributed by atoms with E-state index in [1.165, 1.54) is 49.6 Å². The van der Waals surface area contributed by atoms with Gasteiger partial charge in [0.25, 0.3) is 11.8 Å². The number of halogens is 4. The number of aromatic nitrogens is 6. The van der Waals surface area contributed by atoms with Crippen molar-refractivity contribution in [1.82, 2.24) is 40.2 Å². The molecule has 6 aromatic rings. The number of amides is 4. The number of nitriles is 2. The van der Waals surface area contributed by atoms with Crippen LogP contribution in [0, 0.1) is 34.3 Å². The normalized spacial score (nSPS) is 13.0. The number of carbonyl (C=O) groups excluding carboxylic acids is 4. The third kappa shape index (κ3) is 19.4. The molecule has 0 saturated carbocycles. The van der Waals surface area contributed by atoms with Crippen LogP contribution in [0.1, 0.15) is 138 Å². The fourth-order valence-electron chi connectivity index (χ4n) is 6.07. The Labute approximate surface area is 463 Å². The van der Waals surface area contributed by atoms with E-state index in [4.69, 9.17) is 27.7 Å². The number of anilines is 2. The Morgan fingerprint density at radius 3 is 1.58 bits per heavy atom. The molecule has 0 radical (unpaired) electrons. The molecule has 0 saturated heterocycles. The largest absolute Gasteiger partial charge is 0.504 e. The van der Waals surface area contributed by atoms with Crippen LogP contribution >= 0.6 is 31.9 Å². The molecule has 2 atom stereocenters. The van der Waals surface area contributed by atoms with Crippen LogP contribution in [0.4, 0.5) is 30.0 Å². The van der Waals surface area contributed by atoms with Gasteiger partial charge in [-0.25, -0.2) is 28.3 Å². The number of benzene rings is 2. The summed E-state index contributed by atoms with van der Waals surface area (Å²) in [6.07, 6.45) is -0.449. The maximum atomic E-state index is 14.3. The van der Waals surface area contributed by atoms with Crippen molar-refractivity contribution in [2.75, 3.05) is 10.6 Å². The predicted molar refractivity (Wildman–Crippen MR) is 283 cm³/mol. The number of carbonyl (C=O) groups is 4. The number of hydrogen-bond donors (Lipinski definition) is 6. The number of aliphatic hydroxyl groups is 1. The van der Waals surface area contributed by atoms with Crippen LogP contribution < -0.4 is 26.0 Å². The first-order valence-electron chi connectivity index (χ1n) is 25.0. The number of aromatic hydroxyl groups is 1. The SMILES string of the molecule is C.CC(C)(C)OC(=O)Nc1ncc(Br)cc1O.[2H]C([2H])([2H])n1nc(CNC(=O)c2ccc(F)cc2[C@@H](C)Oc2cc(Br)cnc2NC(=O)OC(C)(C)C)cc1C#N.[2H]C([2H])([2H])n1nc(CNC(=O)c2ccc(F)cc2[C@H](C)O)cc1C#N. The minimum Gasteiger partial charge on any atom is -0.504 e. The number of rotatable bonds is 12. The van der Waals surface area contributed by atoms with Crippen LogP contribution in [-0.4, -0.2) is 74.9 Å². The van der Waals surface area contributed by atoms with Gasteiger partial charge in [0.1, 0.15) is 52.5 Å². The molecule has 6 rings (SSSR count). The van der Waals surface area contributed by atoms with E-state index in [-0.39, 0.29) is 88.7 Å². The van der Waals surface area contributed by atoms with Crippen LogP contribution in [0.2, 0.25) is 0 Å². The van der Waals surface area contributed by atoms with Gasteiger partial charge in [0.15, 0.2) is 23.1 Å². The summed E-state index contributed by atoms with van der Waals surface area (Å²) in [6.45, 7) is 7.77. The monoisotopic (exact) mass is 1180 g/mol. The van der Waals surface area contributed by atoms with Crippen LogP contribution in [0.3, 0.4) is 0 Å². The number of nitrogens with one attached hydrogen (secondary N) is 4. The molecule has 404 valence electrons. The fraction of sp³-hybridized carbons (Fsp3) is 0.333. The van der Waals surface area contributed by atoms with Crippen molar-refractivity contribution in [2.45, 2.75) is 99.3 Å². The van der Waals surface area contributed by atoms with E-state index in [2.05, 4.69) is 73.3 Å². The zero-order chi connectivity index (χ0) is 60.9. The summed E-state index contributed by atoms with van der Waals surface area (Å²) >= 11 is 6.45. The molecule has 2 aromatic carbocycles. The van der Waals surface area contributed by atoms with Gasteiger partial charge in [-0.15, -0.1) is 0 Å². The van der Waals surface area contributed by atoms with Crippen LogP contribution in [0.5, 0.6) is 11.5 Å². The van der Waals surface area contributed by atoms with Gasteiger partial charge >= 0.3 is 12.2 Å². The fourth-order valence-corrected chi connectivity index (χ4v) is 6.70. The minimum absolute atomic E-state index is 0. The van der Waals surface area contributed by atoms with E-state index in [0.717, 1.165) is 24.3 Å². The van der Waals surface area contributed by atoms with Gasteiger partial charge < -0.3 is 35.1 Å². The average Bonchev–Trinajstić information content (AvgIpc) is 4.16. The summed E-state index contributed by atoms with van der Waals surface area (Å²) in [5.41, 5.74) is -0.874. The van der Waals surface area contributed by atoms with E-state index in [0.29, 0.717) is 18.3 Å². The van der Waals surface area contributed by atoms with Gasteiger partial charge in [0.05, 0.1) is 30.6 Å². The lowest BCUT2D eigenvalue weighted by molar-refractivity contribution is 0.0623. The number of aliphatic hydroxyl groups excluding tert-OH is 1. The predicted octanol–water partition coefficient (Wildman–Crippen LogP) is 9.95. The third-order valence-electron chi connectivity index (χ3n) is 9.21. The molecular formula is C51H58Br2F2N12O9. The van der Waals surface area contributed by atoms with Crippen molar-refractivity contribution < 1.29 is 60.6 Å². The second kappa shape index (κ2) is 27.5. The molecule has 0 aliphatic heterocycles. The molecule has 0 spiro atoms. The summed E-state index contributed by atoms with van der Waals surface area (Å²) in [6, 6.07) is 15.9. The lowest BCUT2D eigenvalue weighted by Crippen LogP contribution is -2.28. The summed E-state index contributed by atoms with van der Waals surface area (Å²) in [5, 5.41) is 54.9. The number of hydrogen-bond acceptors (Lipinski definition) is 15. The zero-order valence-electron chi connectivity index (χ0n) is 47.3. The summed E-state index contributed by atoms with van der Waals surface area (Å²) < 4.78 is 90.6. The van der Waals surface area contributed by atoms with Crippen molar-refractivity contribution in [3.8, 4) is 23.6 Å². The first-order chi connectivity index (χ1) is 37.5. The minimum atomic E-state index is -2.66. The molecule has 4 amide bonds. The number of aryl methyl sites for hydroxylation is 2. The molecule has 4 aromatic heterocycles. The molecular weight excluding hydrogens is 1120 g/mol. The Morgan fingerprint density at radius 1 is 0.724 bits per heavy atom. The molecule has 6 N–H and O–H groups in total. The highest BCUT2D eigenvalue weighted by molar-refractivity contribution is 9.10. The van der Waals surface area contributed by atoms with Gasteiger partial charge in [-0.05, 0) is 153 Å². The Balaban J connectivity index is 0.000000357. The van der Waals surface area contributed by atoms with E-state index in [9.17, 15) is 43.4 Å². The average molecular weight is 1190 g/mol. The van der Waals surface area contributed by atoms with Crippen molar-refractivity contribution in [1.29, 1.82) is 10.5 Å². The highest BCUT2D eigenvalue weighted by atomic mass is 79.9. The zero-order valence-corrected chi connectivity index (χ0v) is 44.5. The Hall–Kier alpha value is -8.00. The van der Waals surface area contributed by atoms with Gasteiger partial charge in [0, 0.05) is 60.2 Å². The molecule has 0 unspecified atom stereocenters. The van der Waals surface area contributed by atoms with E-state index >= 15 is 0 Å². The van der Waals surface area contributed by atoms with E-state index in [1.54, 1.807) is 66.7 Å². The second-order valence-corrected chi connectivity index (χ2v) is 19.5. The molecule has 4 heterocycles. The molecule has 25 heteroatoms. The molecule has 0 aliphatic carbocycles. The first-order valence-corrected chi connectivity index (χ1v) is 23.6. The smallest absolute Gasteiger partial charge is 0.413 e. The summed E-state index contributed by atoms with van der Waals surface area (Å²) in [7, 11) is 0. The molecule has 0 bridgehead atoms. The van der Waals surface area contributed by atoms with E-state index < -0.39 is 73.0 Å². The maximum absolute atomic E-state index is 14.3. The third-order valence-corrected chi connectivity index (χ3v) is 10.1. The van der Waals surface area contributed by atoms with Crippen LogP contribution in [0.25, 0.3) is 0 Å². The quantitative estimate of drug-likeness (QED) is 0.0664. The number of nitrogens with zero attached hydrogens (tertiary/aromatic N) is 8. The lowest BCUT2D eigenvalue weighted by Gasteiger charge is -2.22. The number of ether oxygens (including phenoxy) is 3. The Bertz CT molecular complexity index is 3350. The van der Waals surface area contributed by atoms with Crippen molar-refractivity contribution in [3.05, 3.63) is 139 Å².